The second-order valence-corrected chi connectivity index (χ2v) is 1.36. The fraction of sp³-hybridized carbons (Fsp3) is 1.00. The SMILES string of the molecule is COC(OC)O[PH+]=O. The summed E-state index contributed by atoms with van der Waals surface area (Å²) in [5, 5.41) is 0. The molecule has 0 aromatic carbocycles. The van der Waals surface area contributed by atoms with Crippen LogP contribution in [0.5, 0.6) is 0 Å². The third kappa shape index (κ3) is 3.04. The molecule has 0 aliphatic carbocycles. The van der Waals surface area contributed by atoms with E-state index in [0.29, 0.717) is 0 Å². The van der Waals surface area contributed by atoms with Crippen LogP contribution in [0.1, 0.15) is 0 Å². The second-order valence-electron chi connectivity index (χ2n) is 0.961. The zero-order valence-corrected chi connectivity index (χ0v) is 5.71. The first-order chi connectivity index (χ1) is 3.85. The molecule has 0 bridgehead atoms. The zero-order chi connectivity index (χ0) is 6.41. The van der Waals surface area contributed by atoms with Gasteiger partial charge in [0.15, 0.2) is 0 Å². The molecule has 0 N–H and O–H groups in total. The fourth-order valence-corrected chi connectivity index (χ4v) is 0.503. The number of methoxy groups -OCH3 is 2. The van der Waals surface area contributed by atoms with Gasteiger partial charge >= 0.3 is 15.2 Å². The van der Waals surface area contributed by atoms with Crippen molar-refractivity contribution in [2.45, 2.75) is 6.48 Å². The van der Waals surface area contributed by atoms with Crippen LogP contribution >= 0.6 is 8.69 Å². The Morgan fingerprint density at radius 2 is 1.88 bits per heavy atom. The first kappa shape index (κ1) is 7.98. The van der Waals surface area contributed by atoms with Crippen molar-refractivity contribution >= 4 is 8.69 Å². The smallest absolute Gasteiger partial charge is 0.330 e. The molecule has 0 radical (unpaired) electrons. The molecule has 0 aromatic heterocycles. The van der Waals surface area contributed by atoms with Crippen molar-refractivity contribution < 1.29 is 18.6 Å². The van der Waals surface area contributed by atoms with Gasteiger partial charge in [0.05, 0.1) is 0 Å². The van der Waals surface area contributed by atoms with E-state index in [1.807, 2.05) is 0 Å². The lowest BCUT2D eigenvalue weighted by molar-refractivity contribution is -0.214. The lowest BCUT2D eigenvalue weighted by Crippen LogP contribution is -2.11. The summed E-state index contributed by atoms with van der Waals surface area (Å²) < 4.78 is 23.1. The van der Waals surface area contributed by atoms with E-state index in [1.54, 1.807) is 0 Å². The minimum atomic E-state index is -0.848. The molecule has 0 heterocycles. The van der Waals surface area contributed by atoms with Crippen LogP contribution in [-0.4, -0.2) is 20.7 Å². The van der Waals surface area contributed by atoms with Gasteiger partial charge in [-0.05, 0) is 4.57 Å². The molecule has 0 saturated carbocycles. The van der Waals surface area contributed by atoms with Crippen molar-refractivity contribution in [2.24, 2.45) is 0 Å². The van der Waals surface area contributed by atoms with Crippen LogP contribution in [0.2, 0.25) is 0 Å². The Morgan fingerprint density at radius 1 is 1.38 bits per heavy atom. The van der Waals surface area contributed by atoms with Crippen molar-refractivity contribution in [3.8, 4) is 0 Å². The molecule has 0 aliphatic heterocycles. The van der Waals surface area contributed by atoms with E-state index in [-0.39, 0.29) is 0 Å². The average Bonchev–Trinajstić information content (AvgIpc) is 1.83. The van der Waals surface area contributed by atoms with E-state index >= 15 is 0 Å². The largest absolute Gasteiger partial charge is 0.499 e. The Bertz CT molecular complexity index is 62.3. The molecule has 0 amide bonds. The van der Waals surface area contributed by atoms with E-state index in [2.05, 4.69) is 14.0 Å². The van der Waals surface area contributed by atoms with Gasteiger partial charge in [0.2, 0.25) is 0 Å². The van der Waals surface area contributed by atoms with Crippen LogP contribution in [0.25, 0.3) is 0 Å². The van der Waals surface area contributed by atoms with Crippen molar-refractivity contribution in [3.05, 3.63) is 0 Å². The third-order valence-electron chi connectivity index (χ3n) is 0.529. The molecule has 4 nitrogen and oxygen atoms in total. The van der Waals surface area contributed by atoms with Gasteiger partial charge in [-0.3, -0.25) is 0 Å². The summed E-state index contributed by atoms with van der Waals surface area (Å²) in [6.45, 7) is -0.800. The molecule has 48 valence electrons. The van der Waals surface area contributed by atoms with Crippen molar-refractivity contribution in [1.82, 2.24) is 0 Å². The molecule has 0 saturated heterocycles. The summed E-state index contributed by atoms with van der Waals surface area (Å²) in [6.07, 6.45) is 0. The van der Waals surface area contributed by atoms with Gasteiger partial charge in [0.25, 0.3) is 0 Å². The van der Waals surface area contributed by atoms with E-state index in [4.69, 9.17) is 0 Å². The summed E-state index contributed by atoms with van der Waals surface area (Å²) in [6, 6.07) is 0. The first-order valence-corrected chi connectivity index (χ1v) is 2.75. The lowest BCUT2D eigenvalue weighted by atomic mass is 11.2. The molecule has 1 unspecified atom stereocenters. The highest BCUT2D eigenvalue weighted by atomic mass is 31.1. The molecule has 8 heavy (non-hydrogen) atoms. The van der Waals surface area contributed by atoms with Crippen molar-refractivity contribution in [3.63, 3.8) is 0 Å². The van der Waals surface area contributed by atoms with Crippen LogP contribution in [0, 0.1) is 0 Å². The minimum absolute atomic E-state index is 0.800. The Labute approximate surface area is 49.0 Å². The second kappa shape index (κ2) is 5.12. The van der Waals surface area contributed by atoms with Crippen LogP contribution in [0.4, 0.5) is 0 Å². The van der Waals surface area contributed by atoms with Crippen LogP contribution in [0.15, 0.2) is 0 Å². The standard InChI is InChI=1S/C3H8O4P/c1-5-3(6-2)7-8-4/h3,8H,1-2H3/q+1. The Morgan fingerprint density at radius 3 is 2.00 bits per heavy atom. The van der Waals surface area contributed by atoms with Crippen molar-refractivity contribution in [2.75, 3.05) is 14.2 Å². The van der Waals surface area contributed by atoms with Crippen LogP contribution in [0.3, 0.4) is 0 Å². The summed E-state index contributed by atoms with van der Waals surface area (Å²) in [5.74, 6) is 0. The Hall–Kier alpha value is -0.0200. The number of hydrogen-bond acceptors (Lipinski definition) is 4. The van der Waals surface area contributed by atoms with Gasteiger partial charge < -0.3 is 9.47 Å². The monoisotopic (exact) mass is 139 g/mol. The van der Waals surface area contributed by atoms with E-state index < -0.39 is 15.2 Å². The third-order valence-corrected chi connectivity index (χ3v) is 0.818. The highest BCUT2D eigenvalue weighted by Crippen LogP contribution is 2.02. The number of hydrogen-bond donors (Lipinski definition) is 0. The van der Waals surface area contributed by atoms with Crippen LogP contribution < -0.4 is 0 Å². The Kier molecular flexibility index (Phi) is 5.11. The molecule has 0 aromatic rings. The van der Waals surface area contributed by atoms with Crippen LogP contribution in [-0.2, 0) is 18.6 Å². The molecule has 5 heteroatoms. The number of rotatable bonds is 4. The maximum absolute atomic E-state index is 9.70. The summed E-state index contributed by atoms with van der Waals surface area (Å²) in [5.41, 5.74) is 0. The molecule has 0 fully saturated rings. The lowest BCUT2D eigenvalue weighted by Gasteiger charge is -2.02. The normalized spacial score (nSPS) is 10.9. The zero-order valence-electron chi connectivity index (χ0n) is 4.71. The topological polar surface area (TPSA) is 44.8 Å². The van der Waals surface area contributed by atoms with E-state index in [1.165, 1.54) is 14.2 Å². The maximum atomic E-state index is 9.70. The molecule has 0 rings (SSSR count). The molecular weight excluding hydrogens is 131 g/mol. The summed E-state index contributed by atoms with van der Waals surface area (Å²) in [4.78, 5) is 0. The van der Waals surface area contributed by atoms with E-state index in [9.17, 15) is 4.57 Å². The highest BCUT2D eigenvalue weighted by Gasteiger charge is 2.08. The van der Waals surface area contributed by atoms with Gasteiger partial charge in [0.1, 0.15) is 0 Å². The first-order valence-electron chi connectivity index (χ1n) is 1.93. The summed E-state index contributed by atoms with van der Waals surface area (Å²) in [7, 11) is 1.95. The molecular formula is C3H8O4P+. The quantitative estimate of drug-likeness (QED) is 0.420. The molecule has 1 atom stereocenters. The fourth-order valence-electron chi connectivity index (χ4n) is 0.232. The van der Waals surface area contributed by atoms with Crippen molar-refractivity contribution in [1.29, 1.82) is 0 Å². The van der Waals surface area contributed by atoms with Gasteiger partial charge in [-0.1, -0.05) is 4.52 Å². The average molecular weight is 139 g/mol. The number of ether oxygens (including phenoxy) is 2. The van der Waals surface area contributed by atoms with E-state index in [0.717, 1.165) is 0 Å². The maximum Gasteiger partial charge on any atom is 0.499 e. The van der Waals surface area contributed by atoms with Gasteiger partial charge in [-0.25, -0.2) is 0 Å². The molecule has 0 spiro atoms. The minimum Gasteiger partial charge on any atom is -0.330 e. The van der Waals surface area contributed by atoms with Gasteiger partial charge in [-0.2, -0.15) is 0 Å². The predicted octanol–water partition coefficient (Wildman–Crippen LogP) is 0.518. The Balaban J connectivity index is 3.20. The van der Waals surface area contributed by atoms with Gasteiger partial charge in [0, 0.05) is 14.2 Å². The predicted molar refractivity (Wildman–Crippen MR) is 27.9 cm³/mol. The van der Waals surface area contributed by atoms with Gasteiger partial charge in [-0.15, -0.1) is 0 Å². The molecule has 0 aliphatic rings. The summed E-state index contributed by atoms with van der Waals surface area (Å²) >= 11 is 0. The highest BCUT2D eigenvalue weighted by molar-refractivity contribution is 7.17.